The number of likely N-dealkylation sites (N-methyl/N-ethyl adjacent to an activating group) is 1. The van der Waals surface area contributed by atoms with Crippen molar-refractivity contribution in [2.45, 2.75) is 40.3 Å². The topological polar surface area (TPSA) is 96.6 Å². The summed E-state index contributed by atoms with van der Waals surface area (Å²) < 4.78 is 7.01. The van der Waals surface area contributed by atoms with E-state index in [4.69, 9.17) is 4.42 Å². The molecule has 1 unspecified atom stereocenters. The predicted octanol–water partition coefficient (Wildman–Crippen LogP) is 3.50. The van der Waals surface area contributed by atoms with Gasteiger partial charge in [0.25, 0.3) is 5.91 Å². The van der Waals surface area contributed by atoms with Crippen molar-refractivity contribution in [1.29, 1.82) is 0 Å². The van der Waals surface area contributed by atoms with E-state index in [-0.39, 0.29) is 30.0 Å². The molecule has 8 heteroatoms. The fraction of sp³-hybridized carbons (Fsp3) is 0.375. The van der Waals surface area contributed by atoms with Crippen molar-refractivity contribution in [3.8, 4) is 0 Å². The molecule has 2 N–H and O–H groups in total. The fourth-order valence-corrected chi connectivity index (χ4v) is 3.61. The first kappa shape index (κ1) is 23.1. The van der Waals surface area contributed by atoms with E-state index >= 15 is 0 Å². The van der Waals surface area contributed by atoms with Crippen molar-refractivity contribution in [2.24, 2.45) is 5.92 Å². The van der Waals surface area contributed by atoms with Gasteiger partial charge in [0.2, 0.25) is 11.8 Å². The van der Waals surface area contributed by atoms with Crippen LogP contribution in [0.25, 0.3) is 10.9 Å². The molecule has 1 atom stereocenters. The van der Waals surface area contributed by atoms with Crippen molar-refractivity contribution < 1.29 is 18.8 Å². The van der Waals surface area contributed by atoms with E-state index in [1.165, 1.54) is 6.26 Å². The highest BCUT2D eigenvalue weighted by Gasteiger charge is 2.26. The molecule has 3 amide bonds. The number of amides is 3. The molecular weight excluding hydrogens is 408 g/mol. The van der Waals surface area contributed by atoms with Gasteiger partial charge in [0.15, 0.2) is 5.76 Å². The first-order valence-corrected chi connectivity index (χ1v) is 10.9. The molecule has 2 aromatic heterocycles. The normalized spacial score (nSPS) is 12.0. The lowest BCUT2D eigenvalue weighted by Gasteiger charge is -2.21. The molecule has 0 aliphatic heterocycles. The smallest absolute Gasteiger partial charge is 0.287 e. The van der Waals surface area contributed by atoms with Crippen molar-refractivity contribution >= 4 is 34.3 Å². The van der Waals surface area contributed by atoms with Crippen LogP contribution in [0.15, 0.2) is 53.3 Å². The highest BCUT2D eigenvalue weighted by molar-refractivity contribution is 6.01. The quantitative estimate of drug-likeness (QED) is 0.534. The van der Waals surface area contributed by atoms with E-state index in [2.05, 4.69) is 10.6 Å². The van der Waals surface area contributed by atoms with E-state index in [0.29, 0.717) is 18.8 Å². The summed E-state index contributed by atoms with van der Waals surface area (Å²) in [6.07, 6.45) is 3.29. The largest absolute Gasteiger partial charge is 0.459 e. The molecule has 0 aliphatic carbocycles. The lowest BCUT2D eigenvalue weighted by Crippen LogP contribution is -2.47. The average Bonchev–Trinajstić information content (AvgIpc) is 3.43. The third-order valence-corrected chi connectivity index (χ3v) is 5.44. The number of carbonyl (C=O) groups is 3. The van der Waals surface area contributed by atoms with E-state index in [1.807, 2.05) is 56.7 Å². The number of hydrogen-bond donors (Lipinski definition) is 2. The molecular formula is C24H30N4O4. The number of nitrogens with one attached hydrogen (secondary N) is 2. The second kappa shape index (κ2) is 10.2. The summed E-state index contributed by atoms with van der Waals surface area (Å²) in [6, 6.07) is 9.90. The minimum Gasteiger partial charge on any atom is -0.459 e. The summed E-state index contributed by atoms with van der Waals surface area (Å²) >= 11 is 0. The maximum Gasteiger partial charge on any atom is 0.287 e. The van der Waals surface area contributed by atoms with Gasteiger partial charge in [0, 0.05) is 35.9 Å². The third kappa shape index (κ3) is 5.19. The SMILES string of the molecule is CCN(CC)C(=O)Cn1ccc2cc(NC(=O)C(NC(=O)c3ccco3)C(C)C)ccc21. The summed E-state index contributed by atoms with van der Waals surface area (Å²) in [5, 5.41) is 6.53. The molecule has 3 rings (SSSR count). The number of nitrogens with zero attached hydrogens (tertiary/aromatic N) is 2. The molecule has 0 fully saturated rings. The maximum absolute atomic E-state index is 12.9. The molecule has 0 bridgehead atoms. The van der Waals surface area contributed by atoms with Crippen molar-refractivity contribution in [3.63, 3.8) is 0 Å². The molecule has 170 valence electrons. The first-order chi connectivity index (χ1) is 15.3. The Labute approximate surface area is 187 Å². The highest BCUT2D eigenvalue weighted by Crippen LogP contribution is 2.21. The molecule has 0 saturated heterocycles. The van der Waals surface area contributed by atoms with Crippen LogP contribution in [0, 0.1) is 5.92 Å². The summed E-state index contributed by atoms with van der Waals surface area (Å²) in [6.45, 7) is 9.28. The number of aromatic nitrogens is 1. The molecule has 2 heterocycles. The van der Waals surface area contributed by atoms with Crippen LogP contribution in [0.5, 0.6) is 0 Å². The Balaban J connectivity index is 1.71. The van der Waals surface area contributed by atoms with Gasteiger partial charge in [-0.05, 0) is 56.2 Å². The molecule has 0 aliphatic rings. The van der Waals surface area contributed by atoms with E-state index in [9.17, 15) is 14.4 Å². The van der Waals surface area contributed by atoms with E-state index in [1.54, 1.807) is 23.1 Å². The summed E-state index contributed by atoms with van der Waals surface area (Å²) in [5.74, 6) is -0.642. The molecule has 0 spiro atoms. The summed E-state index contributed by atoms with van der Waals surface area (Å²) in [4.78, 5) is 39.4. The second-order valence-corrected chi connectivity index (χ2v) is 7.94. The van der Waals surface area contributed by atoms with E-state index < -0.39 is 11.9 Å². The summed E-state index contributed by atoms with van der Waals surface area (Å²) in [5.41, 5.74) is 1.53. The van der Waals surface area contributed by atoms with Crippen LogP contribution in [0.1, 0.15) is 38.2 Å². The maximum atomic E-state index is 12.9. The Hall–Kier alpha value is -3.55. The monoisotopic (exact) mass is 438 g/mol. The van der Waals surface area contributed by atoms with Crippen molar-refractivity contribution in [3.05, 3.63) is 54.6 Å². The lowest BCUT2D eigenvalue weighted by atomic mass is 10.0. The minimum atomic E-state index is -0.723. The van der Waals surface area contributed by atoms with Crippen LogP contribution in [0.3, 0.4) is 0 Å². The number of hydrogen-bond acceptors (Lipinski definition) is 4. The Morgan fingerprint density at radius 1 is 1.09 bits per heavy atom. The highest BCUT2D eigenvalue weighted by atomic mass is 16.3. The standard InChI is InChI=1S/C24H30N4O4/c1-5-27(6-2)21(29)15-28-12-11-17-14-18(9-10-19(17)28)25-24(31)22(16(3)4)26-23(30)20-8-7-13-32-20/h7-14,16,22H,5-6,15H2,1-4H3,(H,25,31)(H,26,30). The molecule has 1 aromatic carbocycles. The van der Waals surface area contributed by atoms with Gasteiger partial charge in [0.1, 0.15) is 12.6 Å². The van der Waals surface area contributed by atoms with Crippen LogP contribution in [0.4, 0.5) is 5.69 Å². The Morgan fingerprint density at radius 3 is 2.47 bits per heavy atom. The van der Waals surface area contributed by atoms with Gasteiger partial charge in [-0.25, -0.2) is 0 Å². The Morgan fingerprint density at radius 2 is 1.84 bits per heavy atom. The molecule has 8 nitrogen and oxygen atoms in total. The first-order valence-electron chi connectivity index (χ1n) is 10.9. The van der Waals surface area contributed by atoms with E-state index in [0.717, 1.165) is 10.9 Å². The van der Waals surface area contributed by atoms with Gasteiger partial charge in [0.05, 0.1) is 6.26 Å². The minimum absolute atomic E-state index is 0.0666. The number of benzene rings is 1. The number of fused-ring (bicyclic) bond motifs is 1. The number of carbonyl (C=O) groups excluding carboxylic acids is 3. The van der Waals surface area contributed by atoms with Crippen LogP contribution in [-0.4, -0.2) is 46.3 Å². The van der Waals surface area contributed by atoms with Crippen molar-refractivity contribution in [2.75, 3.05) is 18.4 Å². The molecule has 32 heavy (non-hydrogen) atoms. The average molecular weight is 439 g/mol. The van der Waals surface area contributed by atoms with Gasteiger partial charge >= 0.3 is 0 Å². The Kier molecular flexibility index (Phi) is 7.35. The molecule has 3 aromatic rings. The number of anilines is 1. The van der Waals surface area contributed by atoms with Crippen LogP contribution in [0.2, 0.25) is 0 Å². The third-order valence-electron chi connectivity index (χ3n) is 5.44. The van der Waals surface area contributed by atoms with Gasteiger partial charge in [-0.15, -0.1) is 0 Å². The number of furan rings is 1. The molecule has 0 radical (unpaired) electrons. The van der Waals surface area contributed by atoms with Crippen molar-refractivity contribution in [1.82, 2.24) is 14.8 Å². The van der Waals surface area contributed by atoms with Gasteiger partial charge < -0.3 is 24.5 Å². The van der Waals surface area contributed by atoms with Gasteiger partial charge in [-0.3, -0.25) is 14.4 Å². The lowest BCUT2D eigenvalue weighted by molar-refractivity contribution is -0.131. The van der Waals surface area contributed by atoms with Crippen LogP contribution < -0.4 is 10.6 Å². The number of rotatable bonds is 9. The fourth-order valence-electron chi connectivity index (χ4n) is 3.61. The zero-order valence-electron chi connectivity index (χ0n) is 18.9. The van der Waals surface area contributed by atoms with Gasteiger partial charge in [-0.1, -0.05) is 13.8 Å². The Bertz CT molecular complexity index is 1080. The van der Waals surface area contributed by atoms with Crippen LogP contribution >= 0.6 is 0 Å². The van der Waals surface area contributed by atoms with Gasteiger partial charge in [-0.2, -0.15) is 0 Å². The summed E-state index contributed by atoms with van der Waals surface area (Å²) in [7, 11) is 0. The second-order valence-electron chi connectivity index (χ2n) is 7.94. The molecule has 0 saturated carbocycles. The zero-order chi connectivity index (χ0) is 23.3. The zero-order valence-corrected chi connectivity index (χ0v) is 18.9. The van der Waals surface area contributed by atoms with Crippen LogP contribution in [-0.2, 0) is 16.1 Å². The predicted molar refractivity (Wildman–Crippen MR) is 123 cm³/mol.